The fourth-order valence-electron chi connectivity index (χ4n) is 3.75. The van der Waals surface area contributed by atoms with Crippen LogP contribution in [0.2, 0.25) is 0 Å². The summed E-state index contributed by atoms with van der Waals surface area (Å²) >= 11 is 0. The molecule has 0 aromatic heterocycles. The predicted octanol–water partition coefficient (Wildman–Crippen LogP) is 1.23. The molecule has 1 unspecified atom stereocenters. The lowest BCUT2D eigenvalue weighted by atomic mass is 10.1. The zero-order chi connectivity index (χ0) is 17.3. The molecule has 1 aromatic carbocycles. The number of carbonyl (C=O) groups is 1. The van der Waals surface area contributed by atoms with Gasteiger partial charge in [0, 0.05) is 52.9 Å². The Hall–Kier alpha value is -1.43. The molecular weight excluding hydrogens is 300 g/mol. The predicted molar refractivity (Wildman–Crippen MR) is 96.6 cm³/mol. The molecule has 1 aromatic rings. The van der Waals surface area contributed by atoms with E-state index in [9.17, 15) is 4.79 Å². The van der Waals surface area contributed by atoms with Crippen molar-refractivity contribution < 1.29 is 4.79 Å². The molecule has 0 spiro atoms. The molecule has 132 valence electrons. The van der Waals surface area contributed by atoms with E-state index in [1.807, 2.05) is 18.9 Å². The second-order valence-corrected chi connectivity index (χ2v) is 7.48. The zero-order valence-electron chi connectivity index (χ0n) is 15.5. The molecule has 0 bridgehead atoms. The van der Waals surface area contributed by atoms with Crippen molar-refractivity contribution in [2.24, 2.45) is 0 Å². The van der Waals surface area contributed by atoms with Gasteiger partial charge in [-0.1, -0.05) is 18.2 Å². The summed E-state index contributed by atoms with van der Waals surface area (Å²) in [7, 11) is 6.21. The number of fused-ring (bicyclic) bond motifs is 1. The molecule has 1 saturated heterocycles. The maximum absolute atomic E-state index is 12.8. The zero-order valence-corrected chi connectivity index (χ0v) is 15.5. The van der Waals surface area contributed by atoms with Gasteiger partial charge in [-0.05, 0) is 37.7 Å². The molecule has 0 aliphatic carbocycles. The summed E-state index contributed by atoms with van der Waals surface area (Å²) in [6, 6.07) is 6.62. The van der Waals surface area contributed by atoms with Crippen LogP contribution >= 0.6 is 0 Å². The van der Waals surface area contributed by atoms with Crippen molar-refractivity contribution in [3.05, 3.63) is 34.9 Å². The molecule has 0 N–H and O–H groups in total. The van der Waals surface area contributed by atoms with E-state index in [0.29, 0.717) is 6.54 Å². The van der Waals surface area contributed by atoms with Crippen LogP contribution < -0.4 is 0 Å². The van der Waals surface area contributed by atoms with E-state index >= 15 is 0 Å². The van der Waals surface area contributed by atoms with Crippen LogP contribution in [0.15, 0.2) is 18.2 Å². The molecule has 5 nitrogen and oxygen atoms in total. The van der Waals surface area contributed by atoms with Crippen molar-refractivity contribution >= 4 is 5.91 Å². The highest BCUT2D eigenvalue weighted by molar-refractivity contribution is 5.81. The molecule has 3 rings (SSSR count). The number of benzene rings is 1. The smallest absolute Gasteiger partial charge is 0.239 e. The van der Waals surface area contributed by atoms with Crippen molar-refractivity contribution in [2.45, 2.75) is 32.6 Å². The van der Waals surface area contributed by atoms with Gasteiger partial charge in [0.2, 0.25) is 5.91 Å². The Morgan fingerprint density at radius 1 is 1.08 bits per heavy atom. The van der Waals surface area contributed by atoms with Gasteiger partial charge in [-0.3, -0.25) is 14.6 Å². The van der Waals surface area contributed by atoms with E-state index in [0.717, 1.165) is 39.3 Å². The number of hydrogen-bond donors (Lipinski definition) is 0. The molecular formula is C19H30N4O. The maximum atomic E-state index is 12.8. The molecule has 0 radical (unpaired) electrons. The van der Waals surface area contributed by atoms with E-state index in [2.05, 4.69) is 47.0 Å². The van der Waals surface area contributed by atoms with Crippen LogP contribution in [-0.2, 0) is 24.4 Å². The number of hydrogen-bond acceptors (Lipinski definition) is 4. The second-order valence-electron chi connectivity index (χ2n) is 7.48. The summed E-state index contributed by atoms with van der Waals surface area (Å²) in [6.45, 7) is 8.81. The first kappa shape index (κ1) is 17.4. The third-order valence-corrected chi connectivity index (χ3v) is 5.39. The average molecular weight is 330 g/mol. The molecule has 5 heteroatoms. The van der Waals surface area contributed by atoms with Gasteiger partial charge in [-0.25, -0.2) is 0 Å². The number of nitrogens with zero attached hydrogens (tertiary/aromatic N) is 4. The maximum Gasteiger partial charge on any atom is 0.239 e. The fourth-order valence-corrected chi connectivity index (χ4v) is 3.75. The van der Waals surface area contributed by atoms with Gasteiger partial charge in [-0.2, -0.15) is 0 Å². The molecule has 1 atom stereocenters. The van der Waals surface area contributed by atoms with Crippen LogP contribution in [0.3, 0.4) is 0 Å². The number of rotatable bonds is 4. The summed E-state index contributed by atoms with van der Waals surface area (Å²) in [5.41, 5.74) is 4.05. The van der Waals surface area contributed by atoms with Crippen LogP contribution in [0.25, 0.3) is 0 Å². The Morgan fingerprint density at radius 2 is 1.75 bits per heavy atom. The van der Waals surface area contributed by atoms with Gasteiger partial charge in [0.05, 0.1) is 6.04 Å². The highest BCUT2D eigenvalue weighted by Gasteiger charge is 2.26. The van der Waals surface area contributed by atoms with Crippen LogP contribution in [0.5, 0.6) is 0 Å². The minimum absolute atomic E-state index is 0.0377. The quantitative estimate of drug-likeness (QED) is 0.831. The van der Waals surface area contributed by atoms with E-state index in [4.69, 9.17) is 0 Å². The molecule has 1 fully saturated rings. The monoisotopic (exact) mass is 330 g/mol. The molecule has 1 amide bonds. The lowest BCUT2D eigenvalue weighted by Gasteiger charge is -2.37. The van der Waals surface area contributed by atoms with E-state index in [1.165, 1.54) is 16.7 Å². The summed E-state index contributed by atoms with van der Waals surface area (Å²) in [4.78, 5) is 21.6. The first-order valence-electron chi connectivity index (χ1n) is 8.91. The van der Waals surface area contributed by atoms with Gasteiger partial charge in [0.25, 0.3) is 0 Å². The minimum Gasteiger partial charge on any atom is -0.340 e. The van der Waals surface area contributed by atoms with Crippen molar-refractivity contribution in [1.29, 1.82) is 0 Å². The third-order valence-electron chi connectivity index (χ3n) is 5.39. The molecule has 0 saturated carbocycles. The standard InChI is InChI=1S/C19H30N4O/c1-15(23-9-7-20(2)8-10-23)19(24)22(4)12-16-5-6-17-13-21(3)14-18(17)11-16/h5-6,11,15H,7-10,12-14H2,1-4H3. The van der Waals surface area contributed by atoms with Gasteiger partial charge in [0.15, 0.2) is 0 Å². The summed E-state index contributed by atoms with van der Waals surface area (Å²) in [5, 5.41) is 0. The highest BCUT2D eigenvalue weighted by atomic mass is 16.2. The second kappa shape index (κ2) is 7.21. The number of amides is 1. The number of piperazine rings is 1. The molecule has 2 aliphatic rings. The molecule has 24 heavy (non-hydrogen) atoms. The first-order chi connectivity index (χ1) is 11.4. The highest BCUT2D eigenvalue weighted by Crippen LogP contribution is 2.23. The van der Waals surface area contributed by atoms with Gasteiger partial charge in [-0.15, -0.1) is 0 Å². The van der Waals surface area contributed by atoms with Crippen LogP contribution in [0.4, 0.5) is 0 Å². The Morgan fingerprint density at radius 3 is 2.46 bits per heavy atom. The van der Waals surface area contributed by atoms with E-state index in [-0.39, 0.29) is 11.9 Å². The lowest BCUT2D eigenvalue weighted by Crippen LogP contribution is -2.53. The average Bonchev–Trinajstić information content (AvgIpc) is 2.93. The molecule has 2 heterocycles. The van der Waals surface area contributed by atoms with E-state index in [1.54, 1.807) is 0 Å². The number of carbonyl (C=O) groups excluding carboxylic acids is 1. The van der Waals surface area contributed by atoms with Crippen molar-refractivity contribution in [3.8, 4) is 0 Å². The van der Waals surface area contributed by atoms with Crippen LogP contribution in [-0.4, -0.2) is 78.9 Å². The van der Waals surface area contributed by atoms with Crippen LogP contribution in [0.1, 0.15) is 23.6 Å². The largest absolute Gasteiger partial charge is 0.340 e. The number of likely N-dealkylation sites (N-methyl/N-ethyl adjacent to an activating group) is 2. The summed E-state index contributed by atoms with van der Waals surface area (Å²) in [5.74, 6) is 0.220. The lowest BCUT2D eigenvalue weighted by molar-refractivity contribution is -0.136. The van der Waals surface area contributed by atoms with Crippen molar-refractivity contribution in [2.75, 3.05) is 47.3 Å². The Labute approximate surface area is 145 Å². The van der Waals surface area contributed by atoms with Gasteiger partial charge in [0.1, 0.15) is 0 Å². The molecule has 2 aliphatic heterocycles. The van der Waals surface area contributed by atoms with Crippen molar-refractivity contribution in [1.82, 2.24) is 19.6 Å². The van der Waals surface area contributed by atoms with Crippen molar-refractivity contribution in [3.63, 3.8) is 0 Å². The topological polar surface area (TPSA) is 30.0 Å². The Balaban J connectivity index is 1.59. The van der Waals surface area contributed by atoms with Gasteiger partial charge < -0.3 is 9.80 Å². The Bertz CT molecular complexity index is 595. The van der Waals surface area contributed by atoms with Gasteiger partial charge >= 0.3 is 0 Å². The Kier molecular flexibility index (Phi) is 5.23. The normalized spacial score (nSPS) is 20.8. The summed E-state index contributed by atoms with van der Waals surface area (Å²) < 4.78 is 0. The third kappa shape index (κ3) is 3.79. The minimum atomic E-state index is -0.0377. The summed E-state index contributed by atoms with van der Waals surface area (Å²) in [6.07, 6.45) is 0. The first-order valence-corrected chi connectivity index (χ1v) is 8.91. The SMILES string of the molecule is CC(C(=O)N(C)Cc1ccc2c(c1)CN(C)C2)N1CCN(C)CC1. The fraction of sp³-hybridized carbons (Fsp3) is 0.632. The van der Waals surface area contributed by atoms with E-state index < -0.39 is 0 Å². The van der Waals surface area contributed by atoms with Crippen LogP contribution in [0, 0.1) is 0 Å².